The van der Waals surface area contributed by atoms with Crippen molar-refractivity contribution in [1.29, 1.82) is 0 Å². The summed E-state index contributed by atoms with van der Waals surface area (Å²) in [6.45, 7) is 0. The van der Waals surface area contributed by atoms with E-state index in [9.17, 15) is 0 Å². The molecule has 1 atom stereocenters. The van der Waals surface area contributed by atoms with Gasteiger partial charge in [-0.1, -0.05) is 133 Å². The van der Waals surface area contributed by atoms with E-state index >= 15 is 0 Å². The molecule has 0 fully saturated rings. The van der Waals surface area contributed by atoms with Gasteiger partial charge in [-0.05, 0) is 78.0 Å². The van der Waals surface area contributed by atoms with Gasteiger partial charge in [-0.15, -0.1) is 0 Å². The van der Waals surface area contributed by atoms with E-state index in [-0.39, 0.29) is 6.17 Å². The summed E-state index contributed by atoms with van der Waals surface area (Å²) < 4.78 is 4.79. The summed E-state index contributed by atoms with van der Waals surface area (Å²) >= 11 is 0. The van der Waals surface area contributed by atoms with Crippen molar-refractivity contribution in [3.63, 3.8) is 0 Å². The van der Waals surface area contributed by atoms with Crippen molar-refractivity contribution >= 4 is 43.6 Å². The van der Waals surface area contributed by atoms with Gasteiger partial charge in [0.15, 0.2) is 5.82 Å². The maximum Gasteiger partial charge on any atom is 0.160 e. The first kappa shape index (κ1) is 32.0. The Hall–Kier alpha value is -7.50. The van der Waals surface area contributed by atoms with E-state index in [1.807, 2.05) is 36.5 Å². The minimum Gasteiger partial charge on any atom is -0.368 e. The van der Waals surface area contributed by atoms with Gasteiger partial charge in [0.05, 0.1) is 33.5 Å². The van der Waals surface area contributed by atoms with Crippen molar-refractivity contribution < 1.29 is 0 Å². The van der Waals surface area contributed by atoms with Crippen LogP contribution in [0.3, 0.4) is 0 Å². The summed E-state index contributed by atoms with van der Waals surface area (Å²) in [5, 5.41) is 8.46. The highest BCUT2D eigenvalue weighted by molar-refractivity contribution is 6.12. The highest BCUT2D eigenvalue weighted by atomic mass is 15.2. The molecule has 0 amide bonds. The lowest BCUT2D eigenvalue weighted by molar-refractivity contribution is 0.578. The van der Waals surface area contributed by atoms with E-state index in [2.05, 4.69) is 178 Å². The lowest BCUT2D eigenvalue weighted by atomic mass is 10.0. The number of aromatic nitrogens is 4. The zero-order valence-electron chi connectivity index (χ0n) is 30.4. The maximum atomic E-state index is 5.15. The highest BCUT2D eigenvalue weighted by Gasteiger charge is 2.19. The van der Waals surface area contributed by atoms with Crippen LogP contribution < -0.4 is 5.32 Å². The molecule has 0 aliphatic carbocycles. The smallest absolute Gasteiger partial charge is 0.160 e. The first-order valence-electron chi connectivity index (χ1n) is 19.0. The summed E-state index contributed by atoms with van der Waals surface area (Å²) in [4.78, 5) is 10.2. The van der Waals surface area contributed by atoms with Crippen molar-refractivity contribution in [2.75, 3.05) is 0 Å². The summed E-state index contributed by atoms with van der Waals surface area (Å²) in [5.74, 6) is 0.706. The number of rotatable bonds is 6. The molecule has 0 bridgehead atoms. The summed E-state index contributed by atoms with van der Waals surface area (Å²) in [7, 11) is 0. The minimum absolute atomic E-state index is 0.0493. The van der Waals surface area contributed by atoms with E-state index < -0.39 is 0 Å². The molecule has 1 N–H and O–H groups in total. The van der Waals surface area contributed by atoms with Gasteiger partial charge in [0.1, 0.15) is 6.17 Å². The van der Waals surface area contributed by atoms with Gasteiger partial charge in [0.25, 0.3) is 0 Å². The van der Waals surface area contributed by atoms with Gasteiger partial charge in [-0.25, -0.2) is 9.97 Å². The van der Waals surface area contributed by atoms with Crippen LogP contribution >= 0.6 is 0 Å². The summed E-state index contributed by atoms with van der Waals surface area (Å²) in [6, 6.07) is 62.6. The Bertz CT molecular complexity index is 3110. The molecular formula is C51H35N5. The van der Waals surface area contributed by atoms with Gasteiger partial charge < -0.3 is 14.5 Å². The van der Waals surface area contributed by atoms with Crippen LogP contribution in [0.2, 0.25) is 0 Å². The summed E-state index contributed by atoms with van der Waals surface area (Å²) in [6.07, 6.45) is 8.41. The van der Waals surface area contributed by atoms with Crippen LogP contribution in [0.5, 0.6) is 0 Å². The first-order chi connectivity index (χ1) is 27.8. The Balaban J connectivity index is 1.07. The Morgan fingerprint density at radius 3 is 1.82 bits per heavy atom. The van der Waals surface area contributed by atoms with Gasteiger partial charge in [-0.2, -0.15) is 0 Å². The summed E-state index contributed by atoms with van der Waals surface area (Å²) in [5.41, 5.74) is 13.0. The Kier molecular flexibility index (Phi) is 7.49. The third-order valence-corrected chi connectivity index (χ3v) is 11.0. The second-order valence-corrected chi connectivity index (χ2v) is 14.3. The third kappa shape index (κ3) is 5.32. The number of nitrogens with zero attached hydrogens (tertiary/aromatic N) is 4. The largest absolute Gasteiger partial charge is 0.368 e. The standard InChI is InChI=1S/C51H35N5/c1-3-14-34(15-4-1)44-33-45(54-51(53-44)35-16-5-2-6-17-35)38-18-13-19-39(30-38)55-46-22-9-7-20-40(46)42-27-25-37(32-49(42)55)36-26-28-48-43(31-36)41-21-8-10-23-47(41)56(48)50-24-11-12-29-52-50/h1-33,50,52H. The predicted molar refractivity (Wildman–Crippen MR) is 232 cm³/mol. The predicted octanol–water partition coefficient (Wildman–Crippen LogP) is 12.5. The quantitative estimate of drug-likeness (QED) is 0.186. The van der Waals surface area contributed by atoms with Gasteiger partial charge >= 0.3 is 0 Å². The zero-order valence-corrected chi connectivity index (χ0v) is 30.4. The molecular weight excluding hydrogens is 683 g/mol. The van der Waals surface area contributed by atoms with Gasteiger partial charge in [0.2, 0.25) is 0 Å². The highest BCUT2D eigenvalue weighted by Crippen LogP contribution is 2.39. The van der Waals surface area contributed by atoms with E-state index in [0.717, 1.165) is 44.8 Å². The van der Waals surface area contributed by atoms with Crippen molar-refractivity contribution in [1.82, 2.24) is 24.4 Å². The lowest BCUT2D eigenvalue weighted by Gasteiger charge is -2.20. The van der Waals surface area contributed by atoms with Crippen LogP contribution in [0.15, 0.2) is 200 Å². The maximum absolute atomic E-state index is 5.15. The minimum atomic E-state index is 0.0493. The second kappa shape index (κ2) is 13.1. The Morgan fingerprint density at radius 1 is 0.411 bits per heavy atom. The van der Waals surface area contributed by atoms with Gasteiger partial charge in [0, 0.05) is 43.9 Å². The van der Waals surface area contributed by atoms with E-state index in [1.54, 1.807) is 0 Å². The molecule has 1 aliphatic heterocycles. The number of para-hydroxylation sites is 2. The number of nitrogens with one attached hydrogen (secondary N) is 1. The fraction of sp³-hybridized carbons (Fsp3) is 0.0196. The van der Waals surface area contributed by atoms with Crippen LogP contribution in [0.1, 0.15) is 6.17 Å². The molecule has 0 saturated heterocycles. The van der Waals surface area contributed by atoms with Crippen molar-refractivity contribution in [3.05, 3.63) is 200 Å². The monoisotopic (exact) mass is 717 g/mol. The zero-order chi connectivity index (χ0) is 37.0. The molecule has 5 nitrogen and oxygen atoms in total. The Labute approximate surface area is 324 Å². The topological polar surface area (TPSA) is 47.7 Å². The lowest BCUT2D eigenvalue weighted by Crippen LogP contribution is -2.21. The average molecular weight is 718 g/mol. The molecule has 0 radical (unpaired) electrons. The molecule has 5 heteroatoms. The normalized spacial score (nSPS) is 13.9. The van der Waals surface area contributed by atoms with Crippen LogP contribution in [0.4, 0.5) is 0 Å². The molecule has 7 aromatic carbocycles. The average Bonchev–Trinajstić information content (AvgIpc) is 3.79. The number of hydrogen-bond donors (Lipinski definition) is 1. The fourth-order valence-corrected chi connectivity index (χ4v) is 8.38. The van der Waals surface area contributed by atoms with E-state index in [1.165, 1.54) is 43.7 Å². The van der Waals surface area contributed by atoms with Gasteiger partial charge in [-0.3, -0.25) is 0 Å². The molecule has 1 unspecified atom stereocenters. The molecule has 1 aliphatic rings. The number of fused-ring (bicyclic) bond motifs is 6. The fourth-order valence-electron chi connectivity index (χ4n) is 8.38. The Morgan fingerprint density at radius 2 is 1.04 bits per heavy atom. The van der Waals surface area contributed by atoms with Crippen LogP contribution in [-0.2, 0) is 0 Å². The molecule has 264 valence electrons. The van der Waals surface area contributed by atoms with Crippen LogP contribution in [0, 0.1) is 0 Å². The number of hydrogen-bond acceptors (Lipinski definition) is 3. The molecule has 0 spiro atoms. The van der Waals surface area contributed by atoms with Crippen molar-refractivity contribution in [3.8, 4) is 50.7 Å². The van der Waals surface area contributed by atoms with Crippen LogP contribution in [0.25, 0.3) is 94.3 Å². The SMILES string of the molecule is C1=CNC(n2c3ccccc3c3cc(-c4ccc5c6ccccc6n(-c6cccc(-c7cc(-c8ccccc8)nc(-c8ccccc8)n7)c6)c5c4)ccc32)C=C1. The second-order valence-electron chi connectivity index (χ2n) is 14.3. The number of dihydropyridines is 1. The van der Waals surface area contributed by atoms with Crippen molar-refractivity contribution in [2.45, 2.75) is 6.17 Å². The third-order valence-electron chi connectivity index (χ3n) is 11.0. The van der Waals surface area contributed by atoms with E-state index in [0.29, 0.717) is 5.82 Å². The first-order valence-corrected chi connectivity index (χ1v) is 19.0. The number of benzene rings is 7. The number of allylic oxidation sites excluding steroid dienone is 2. The molecule has 56 heavy (non-hydrogen) atoms. The van der Waals surface area contributed by atoms with Crippen LogP contribution in [-0.4, -0.2) is 19.1 Å². The molecule has 3 aromatic heterocycles. The van der Waals surface area contributed by atoms with Crippen molar-refractivity contribution in [2.24, 2.45) is 0 Å². The molecule has 4 heterocycles. The molecule has 11 rings (SSSR count). The molecule has 0 saturated carbocycles. The van der Waals surface area contributed by atoms with E-state index in [4.69, 9.17) is 9.97 Å². The molecule has 10 aromatic rings.